The van der Waals surface area contributed by atoms with E-state index in [1.807, 2.05) is 10.9 Å². The quantitative estimate of drug-likeness (QED) is 0.708. The summed E-state index contributed by atoms with van der Waals surface area (Å²) in [5.41, 5.74) is 0.933. The first-order valence-corrected chi connectivity index (χ1v) is 11.1. The molecule has 2 aromatic heterocycles. The molecule has 162 valence electrons. The van der Waals surface area contributed by atoms with E-state index in [0.717, 1.165) is 76.5 Å². The van der Waals surface area contributed by atoms with E-state index < -0.39 is 0 Å². The Bertz CT molecular complexity index is 928. The lowest BCUT2D eigenvalue weighted by molar-refractivity contribution is 0.120. The van der Waals surface area contributed by atoms with Crippen molar-refractivity contribution < 1.29 is 0 Å². The molecule has 2 unspecified atom stereocenters. The molecule has 1 saturated carbocycles. The lowest BCUT2D eigenvalue weighted by atomic mass is 10.0. The Labute approximate surface area is 176 Å². The van der Waals surface area contributed by atoms with E-state index >= 15 is 0 Å². The van der Waals surface area contributed by atoms with Gasteiger partial charge < -0.3 is 9.80 Å². The lowest BCUT2D eigenvalue weighted by Gasteiger charge is -2.36. The first kappa shape index (κ1) is 19.6. The van der Waals surface area contributed by atoms with Gasteiger partial charge in [-0.05, 0) is 56.6 Å². The van der Waals surface area contributed by atoms with Crippen molar-refractivity contribution in [2.24, 2.45) is 0 Å². The van der Waals surface area contributed by atoms with Crippen LogP contribution in [-0.2, 0) is 0 Å². The van der Waals surface area contributed by atoms with E-state index in [4.69, 9.17) is 0 Å². The molecule has 2 saturated heterocycles. The molecular weight excluding hydrogens is 382 g/mol. The average Bonchev–Trinajstić information content (AvgIpc) is 3.50. The molecular formula is C20H31N9O. The minimum Gasteiger partial charge on any atom is -0.368 e. The molecule has 2 aromatic rings. The maximum Gasteiger partial charge on any atom is 0.269 e. The van der Waals surface area contributed by atoms with Gasteiger partial charge in [0.1, 0.15) is 0 Å². The number of rotatable bonds is 5. The predicted octanol–water partition coefficient (Wildman–Crippen LogP) is 0.715. The van der Waals surface area contributed by atoms with E-state index in [2.05, 4.69) is 49.3 Å². The Balaban J connectivity index is 1.30. The second-order valence-corrected chi connectivity index (χ2v) is 8.97. The third kappa shape index (κ3) is 3.85. The zero-order valence-electron chi connectivity index (χ0n) is 17.9. The van der Waals surface area contributed by atoms with Gasteiger partial charge in [-0.2, -0.15) is 5.10 Å². The summed E-state index contributed by atoms with van der Waals surface area (Å²) in [6.07, 6.45) is 6.19. The minimum absolute atomic E-state index is 0.00579. The largest absolute Gasteiger partial charge is 0.368 e. The van der Waals surface area contributed by atoms with Gasteiger partial charge in [-0.25, -0.2) is 9.36 Å². The number of hydrogen-bond donors (Lipinski definition) is 0. The Morgan fingerprint density at radius 2 is 1.83 bits per heavy atom. The molecule has 4 heterocycles. The first-order valence-electron chi connectivity index (χ1n) is 11.1. The maximum atomic E-state index is 12.9. The summed E-state index contributed by atoms with van der Waals surface area (Å²) in [7, 11) is 2.13. The van der Waals surface area contributed by atoms with Gasteiger partial charge in [0.2, 0.25) is 0 Å². The van der Waals surface area contributed by atoms with Gasteiger partial charge in [0.25, 0.3) is 5.56 Å². The summed E-state index contributed by atoms with van der Waals surface area (Å²) >= 11 is 0. The predicted molar refractivity (Wildman–Crippen MR) is 113 cm³/mol. The summed E-state index contributed by atoms with van der Waals surface area (Å²) in [5.74, 6) is 0.934. The fraction of sp³-hybridized carbons (Fsp3) is 0.750. The lowest BCUT2D eigenvalue weighted by Crippen LogP contribution is -2.45. The van der Waals surface area contributed by atoms with Crippen molar-refractivity contribution in [2.75, 3.05) is 51.2 Å². The highest BCUT2D eigenvalue weighted by atomic mass is 16.1. The number of nitrogens with zero attached hydrogens (tertiary/aromatic N) is 9. The summed E-state index contributed by atoms with van der Waals surface area (Å²) in [6.45, 7) is 7.85. The molecule has 2 atom stereocenters. The van der Waals surface area contributed by atoms with E-state index in [1.165, 1.54) is 0 Å². The van der Waals surface area contributed by atoms with Crippen molar-refractivity contribution >= 4 is 5.69 Å². The minimum atomic E-state index is -0.00579. The third-order valence-corrected chi connectivity index (χ3v) is 6.79. The molecule has 30 heavy (non-hydrogen) atoms. The van der Waals surface area contributed by atoms with Crippen LogP contribution in [0.15, 0.2) is 17.1 Å². The van der Waals surface area contributed by atoms with Crippen LogP contribution in [0.3, 0.4) is 0 Å². The fourth-order valence-corrected chi connectivity index (χ4v) is 4.67. The van der Waals surface area contributed by atoms with Crippen LogP contribution >= 0.6 is 0 Å². The van der Waals surface area contributed by atoms with Gasteiger partial charge in [0.05, 0.1) is 30.0 Å². The second-order valence-electron chi connectivity index (χ2n) is 8.97. The molecule has 0 bridgehead atoms. The van der Waals surface area contributed by atoms with E-state index in [1.54, 1.807) is 10.7 Å². The van der Waals surface area contributed by atoms with Gasteiger partial charge in [-0.3, -0.25) is 9.69 Å². The number of tetrazole rings is 1. The van der Waals surface area contributed by atoms with Crippen LogP contribution in [0.1, 0.15) is 56.6 Å². The number of likely N-dealkylation sites (N-methyl/N-ethyl adjacent to an activating group) is 1. The van der Waals surface area contributed by atoms with Crippen LogP contribution in [0.25, 0.3) is 0 Å². The Hall–Kier alpha value is -2.33. The molecule has 10 heteroatoms. The molecule has 0 radical (unpaired) electrons. The van der Waals surface area contributed by atoms with Crippen LogP contribution in [0.5, 0.6) is 0 Å². The maximum absolute atomic E-state index is 12.9. The zero-order valence-corrected chi connectivity index (χ0v) is 17.9. The summed E-state index contributed by atoms with van der Waals surface area (Å²) in [4.78, 5) is 19.9. The normalized spacial score (nSPS) is 24.9. The van der Waals surface area contributed by atoms with E-state index in [0.29, 0.717) is 6.04 Å². The molecule has 3 fully saturated rings. The van der Waals surface area contributed by atoms with Crippen LogP contribution in [0, 0.1) is 0 Å². The molecule has 2 aliphatic heterocycles. The van der Waals surface area contributed by atoms with Gasteiger partial charge in [-0.1, -0.05) is 0 Å². The fourth-order valence-electron chi connectivity index (χ4n) is 4.67. The van der Waals surface area contributed by atoms with Crippen molar-refractivity contribution in [1.82, 2.24) is 39.8 Å². The van der Waals surface area contributed by atoms with Gasteiger partial charge in [0.15, 0.2) is 5.82 Å². The number of piperazine rings is 1. The Morgan fingerprint density at radius 3 is 2.57 bits per heavy atom. The van der Waals surface area contributed by atoms with E-state index in [9.17, 15) is 4.79 Å². The van der Waals surface area contributed by atoms with Crippen LogP contribution in [0.4, 0.5) is 5.69 Å². The van der Waals surface area contributed by atoms with Crippen molar-refractivity contribution in [3.63, 3.8) is 0 Å². The number of hydrogen-bond acceptors (Lipinski definition) is 8. The topological polar surface area (TPSA) is 88.2 Å². The molecule has 1 aliphatic carbocycles. The average molecular weight is 414 g/mol. The van der Waals surface area contributed by atoms with Crippen LogP contribution < -0.4 is 10.5 Å². The number of anilines is 1. The molecule has 0 aromatic carbocycles. The van der Waals surface area contributed by atoms with Crippen molar-refractivity contribution in [1.29, 1.82) is 0 Å². The molecule has 0 spiro atoms. The van der Waals surface area contributed by atoms with Crippen molar-refractivity contribution in [3.05, 3.63) is 28.4 Å². The molecule has 10 nitrogen and oxygen atoms in total. The highest BCUT2D eigenvalue weighted by molar-refractivity contribution is 5.43. The zero-order chi connectivity index (χ0) is 20.7. The standard InChI is InChI=1S/C20H31N9O/c1-15(20-22-23-24-29(20)16-5-6-16)27-7-3-4-17(14-27)28-19(30)12-18(13-21-28)26-10-8-25(2)9-11-26/h12-13,15-17H,3-11,14H2,1-2H3. The molecule has 5 rings (SSSR count). The smallest absolute Gasteiger partial charge is 0.269 e. The van der Waals surface area contributed by atoms with Crippen molar-refractivity contribution in [2.45, 2.75) is 50.7 Å². The Kier molecular flexibility index (Phi) is 5.28. The number of aromatic nitrogens is 6. The van der Waals surface area contributed by atoms with E-state index in [-0.39, 0.29) is 17.6 Å². The summed E-state index contributed by atoms with van der Waals surface area (Å²) in [5, 5.41) is 17.0. The third-order valence-electron chi connectivity index (χ3n) is 6.79. The summed E-state index contributed by atoms with van der Waals surface area (Å²) < 4.78 is 3.67. The first-order chi connectivity index (χ1) is 14.6. The SMILES string of the molecule is CC(c1nnnn1C1CC1)N1CCCC(n2ncc(N3CCN(C)CC3)cc2=O)C1. The highest BCUT2D eigenvalue weighted by Crippen LogP contribution is 2.37. The molecule has 3 aliphatic rings. The molecule has 0 amide bonds. The van der Waals surface area contributed by atoms with Gasteiger partial charge in [-0.15, -0.1) is 5.10 Å². The molecule has 0 N–H and O–H groups in total. The Morgan fingerprint density at radius 1 is 1.03 bits per heavy atom. The highest BCUT2D eigenvalue weighted by Gasteiger charge is 2.33. The number of piperidine rings is 1. The van der Waals surface area contributed by atoms with Gasteiger partial charge in [0, 0.05) is 38.8 Å². The van der Waals surface area contributed by atoms with Gasteiger partial charge >= 0.3 is 0 Å². The number of likely N-dealkylation sites (tertiary alicyclic amines) is 1. The summed E-state index contributed by atoms with van der Waals surface area (Å²) in [6, 6.07) is 2.43. The van der Waals surface area contributed by atoms with Crippen LogP contribution in [-0.4, -0.2) is 86.1 Å². The monoisotopic (exact) mass is 413 g/mol. The van der Waals surface area contributed by atoms with Crippen molar-refractivity contribution in [3.8, 4) is 0 Å². The van der Waals surface area contributed by atoms with Crippen LogP contribution in [0.2, 0.25) is 0 Å². The second kappa shape index (κ2) is 8.07.